The number of hydrogen-bond acceptors (Lipinski definition) is 2. The van der Waals surface area contributed by atoms with E-state index in [1.807, 2.05) is 13.8 Å². The van der Waals surface area contributed by atoms with Crippen molar-refractivity contribution in [1.82, 2.24) is 9.97 Å². The van der Waals surface area contributed by atoms with Crippen LogP contribution in [0.25, 0.3) is 11.4 Å². The van der Waals surface area contributed by atoms with Gasteiger partial charge in [0, 0.05) is 21.8 Å². The van der Waals surface area contributed by atoms with Gasteiger partial charge in [-0.2, -0.15) is 0 Å². The Kier molecular flexibility index (Phi) is 4.67. The highest BCUT2D eigenvalue weighted by atomic mass is 35.5. The summed E-state index contributed by atoms with van der Waals surface area (Å²) in [5.41, 5.74) is 2.70. The minimum Gasteiger partial charge on any atom is -0.233 e. The van der Waals surface area contributed by atoms with Gasteiger partial charge in [-0.15, -0.1) is 0 Å². The second-order valence-electron chi connectivity index (χ2n) is 4.09. The molecule has 0 N–H and O–H groups in total. The first kappa shape index (κ1) is 14.6. The van der Waals surface area contributed by atoms with Crippen molar-refractivity contribution < 1.29 is 0 Å². The van der Waals surface area contributed by atoms with Gasteiger partial charge in [-0.1, -0.05) is 48.7 Å². The van der Waals surface area contributed by atoms with Crippen LogP contribution >= 0.6 is 34.8 Å². The molecule has 0 saturated carbocycles. The van der Waals surface area contributed by atoms with E-state index in [1.165, 1.54) is 0 Å². The molecule has 0 bridgehead atoms. The summed E-state index contributed by atoms with van der Waals surface area (Å²) in [6.07, 6.45) is 1.63. The average molecular weight is 316 g/mol. The maximum atomic E-state index is 6.23. The van der Waals surface area contributed by atoms with Gasteiger partial charge in [-0.3, -0.25) is 0 Å². The lowest BCUT2D eigenvalue weighted by Crippen LogP contribution is -2.02. The predicted molar refractivity (Wildman–Crippen MR) is 81.3 cm³/mol. The highest BCUT2D eigenvalue weighted by Crippen LogP contribution is 2.30. The quantitative estimate of drug-likeness (QED) is 0.725. The number of aromatic nitrogens is 2. The van der Waals surface area contributed by atoms with Gasteiger partial charge in [0.15, 0.2) is 5.82 Å². The number of benzene rings is 1. The Bertz CT molecular complexity index is 612. The molecule has 0 aliphatic heterocycles. The maximum absolute atomic E-state index is 6.23. The van der Waals surface area contributed by atoms with Crippen molar-refractivity contribution in [2.75, 3.05) is 0 Å². The Morgan fingerprint density at radius 2 is 1.74 bits per heavy atom. The Morgan fingerprint density at radius 3 is 2.32 bits per heavy atom. The topological polar surface area (TPSA) is 25.8 Å². The van der Waals surface area contributed by atoms with Crippen LogP contribution < -0.4 is 0 Å². The standard InChI is InChI=1S/C14H13Cl3N2/c1-3-9-12(4-2)18-14(19-13(9)17)10-6-5-8(15)7-11(10)16/h5-7H,3-4H2,1-2H3. The monoisotopic (exact) mass is 314 g/mol. The lowest BCUT2D eigenvalue weighted by atomic mass is 10.1. The maximum Gasteiger partial charge on any atom is 0.162 e. The summed E-state index contributed by atoms with van der Waals surface area (Å²) in [6.45, 7) is 4.09. The lowest BCUT2D eigenvalue weighted by Gasteiger charge is -2.10. The number of rotatable bonds is 3. The van der Waals surface area contributed by atoms with E-state index < -0.39 is 0 Å². The molecule has 0 unspecified atom stereocenters. The molecule has 5 heteroatoms. The fourth-order valence-corrected chi connectivity index (χ4v) is 2.75. The van der Waals surface area contributed by atoms with Crippen molar-refractivity contribution in [3.8, 4) is 11.4 Å². The van der Waals surface area contributed by atoms with Gasteiger partial charge in [-0.05, 0) is 31.0 Å². The Hall–Kier alpha value is -0.830. The minimum atomic E-state index is 0.496. The number of nitrogens with zero attached hydrogens (tertiary/aromatic N) is 2. The molecule has 2 rings (SSSR count). The molecule has 0 atom stereocenters. The molecule has 0 saturated heterocycles. The summed E-state index contributed by atoms with van der Waals surface area (Å²) >= 11 is 18.3. The van der Waals surface area contributed by atoms with E-state index in [9.17, 15) is 0 Å². The molecule has 19 heavy (non-hydrogen) atoms. The van der Waals surface area contributed by atoms with E-state index >= 15 is 0 Å². The van der Waals surface area contributed by atoms with E-state index in [0.29, 0.717) is 21.0 Å². The van der Waals surface area contributed by atoms with Gasteiger partial charge in [0.25, 0.3) is 0 Å². The van der Waals surface area contributed by atoms with Gasteiger partial charge >= 0.3 is 0 Å². The molecule has 1 aromatic carbocycles. The van der Waals surface area contributed by atoms with Gasteiger partial charge in [-0.25, -0.2) is 9.97 Å². The van der Waals surface area contributed by atoms with Crippen molar-refractivity contribution in [1.29, 1.82) is 0 Å². The Balaban J connectivity index is 2.60. The van der Waals surface area contributed by atoms with Crippen molar-refractivity contribution in [3.63, 3.8) is 0 Å². The SMILES string of the molecule is CCc1nc(-c2ccc(Cl)cc2Cl)nc(Cl)c1CC. The third kappa shape index (κ3) is 3.02. The van der Waals surface area contributed by atoms with Crippen LogP contribution in [0.2, 0.25) is 15.2 Å². The summed E-state index contributed by atoms with van der Waals surface area (Å²) in [5, 5.41) is 1.60. The molecule has 0 amide bonds. The highest BCUT2D eigenvalue weighted by Gasteiger charge is 2.13. The zero-order valence-corrected chi connectivity index (χ0v) is 12.9. The molecule has 1 heterocycles. The zero-order chi connectivity index (χ0) is 14.0. The van der Waals surface area contributed by atoms with Crippen LogP contribution in [-0.2, 0) is 12.8 Å². The van der Waals surface area contributed by atoms with Crippen LogP contribution in [0.15, 0.2) is 18.2 Å². The Morgan fingerprint density at radius 1 is 1.00 bits per heavy atom. The molecule has 100 valence electrons. The lowest BCUT2D eigenvalue weighted by molar-refractivity contribution is 0.936. The molecule has 0 aliphatic carbocycles. The first-order chi connectivity index (χ1) is 9.06. The number of halogens is 3. The highest BCUT2D eigenvalue weighted by molar-refractivity contribution is 6.36. The second-order valence-corrected chi connectivity index (χ2v) is 5.30. The van der Waals surface area contributed by atoms with E-state index in [1.54, 1.807) is 18.2 Å². The fraction of sp³-hybridized carbons (Fsp3) is 0.286. The van der Waals surface area contributed by atoms with E-state index in [0.717, 1.165) is 29.7 Å². The van der Waals surface area contributed by atoms with Crippen LogP contribution in [-0.4, -0.2) is 9.97 Å². The summed E-state index contributed by atoms with van der Waals surface area (Å²) < 4.78 is 0. The van der Waals surface area contributed by atoms with Gasteiger partial charge in [0.2, 0.25) is 0 Å². The van der Waals surface area contributed by atoms with Crippen LogP contribution in [0.3, 0.4) is 0 Å². The van der Waals surface area contributed by atoms with Gasteiger partial charge < -0.3 is 0 Å². The summed E-state index contributed by atoms with van der Waals surface area (Å²) in [7, 11) is 0. The first-order valence-electron chi connectivity index (χ1n) is 6.07. The molecule has 1 aromatic heterocycles. The molecule has 2 nitrogen and oxygen atoms in total. The van der Waals surface area contributed by atoms with Crippen molar-refractivity contribution in [2.45, 2.75) is 26.7 Å². The van der Waals surface area contributed by atoms with Crippen molar-refractivity contribution >= 4 is 34.8 Å². The molecule has 0 radical (unpaired) electrons. The summed E-state index contributed by atoms with van der Waals surface area (Å²) in [5.74, 6) is 0.542. The van der Waals surface area contributed by atoms with Crippen molar-refractivity contribution in [3.05, 3.63) is 44.7 Å². The third-order valence-corrected chi connectivity index (χ3v) is 3.76. The van der Waals surface area contributed by atoms with E-state index in [4.69, 9.17) is 34.8 Å². The first-order valence-corrected chi connectivity index (χ1v) is 7.20. The largest absolute Gasteiger partial charge is 0.233 e. The summed E-state index contributed by atoms with van der Waals surface area (Å²) in [4.78, 5) is 8.90. The number of hydrogen-bond donors (Lipinski definition) is 0. The zero-order valence-electron chi connectivity index (χ0n) is 10.7. The smallest absolute Gasteiger partial charge is 0.162 e. The normalized spacial score (nSPS) is 10.8. The minimum absolute atomic E-state index is 0.496. The van der Waals surface area contributed by atoms with Gasteiger partial charge in [0.1, 0.15) is 5.15 Å². The van der Waals surface area contributed by atoms with Crippen LogP contribution in [0.1, 0.15) is 25.1 Å². The van der Waals surface area contributed by atoms with E-state index in [-0.39, 0.29) is 0 Å². The molecule has 0 aliphatic rings. The number of aryl methyl sites for hydroxylation is 1. The average Bonchev–Trinajstić information content (AvgIpc) is 2.37. The molecule has 0 fully saturated rings. The molecular formula is C14H13Cl3N2. The van der Waals surface area contributed by atoms with Crippen LogP contribution in [0, 0.1) is 0 Å². The second kappa shape index (κ2) is 6.08. The van der Waals surface area contributed by atoms with Crippen LogP contribution in [0.5, 0.6) is 0 Å². The fourth-order valence-electron chi connectivity index (χ4n) is 1.93. The molecule has 2 aromatic rings. The summed E-state index contributed by atoms with van der Waals surface area (Å²) in [6, 6.07) is 5.25. The van der Waals surface area contributed by atoms with Crippen LogP contribution in [0.4, 0.5) is 0 Å². The Labute approximate surface area is 127 Å². The predicted octanol–water partition coefficient (Wildman–Crippen LogP) is 5.23. The van der Waals surface area contributed by atoms with Crippen molar-refractivity contribution in [2.24, 2.45) is 0 Å². The third-order valence-electron chi connectivity index (χ3n) is 2.90. The van der Waals surface area contributed by atoms with E-state index in [2.05, 4.69) is 9.97 Å². The molecule has 0 spiro atoms. The van der Waals surface area contributed by atoms with Gasteiger partial charge in [0.05, 0.1) is 5.02 Å². The molecular weight excluding hydrogens is 303 g/mol.